The number of thiophene rings is 1. The molecule has 34 heavy (non-hydrogen) atoms. The Kier molecular flexibility index (Phi) is 6.89. The predicted octanol–water partition coefficient (Wildman–Crippen LogP) is 8.49. The standard InChI is InChI=1S/C25H21Cl3FNO3S/c1-12-10-25(2,3)30-17-8-7-14(15-6-5-13(29)9-18(15)32-4)16(19(12)17)11-33-24(31)22-20(26)21(27)23(28)34-22/h5-10,30H,11H2,1-4H3. The van der Waals surface area contributed by atoms with E-state index in [1.54, 1.807) is 6.07 Å². The van der Waals surface area contributed by atoms with Gasteiger partial charge in [-0.3, -0.25) is 0 Å². The number of anilines is 1. The van der Waals surface area contributed by atoms with Crippen LogP contribution in [0.1, 0.15) is 41.6 Å². The normalized spacial score (nSPS) is 14.2. The lowest BCUT2D eigenvalue weighted by atomic mass is 9.85. The number of methoxy groups -OCH3 is 1. The van der Waals surface area contributed by atoms with Gasteiger partial charge in [-0.1, -0.05) is 46.9 Å². The van der Waals surface area contributed by atoms with Crippen molar-refractivity contribution in [2.45, 2.75) is 32.9 Å². The van der Waals surface area contributed by atoms with Gasteiger partial charge < -0.3 is 14.8 Å². The van der Waals surface area contributed by atoms with Crippen LogP contribution in [0.3, 0.4) is 0 Å². The molecule has 0 fully saturated rings. The summed E-state index contributed by atoms with van der Waals surface area (Å²) in [5, 5.41) is 3.69. The van der Waals surface area contributed by atoms with Gasteiger partial charge in [-0.15, -0.1) is 11.3 Å². The van der Waals surface area contributed by atoms with E-state index in [9.17, 15) is 9.18 Å². The maximum absolute atomic E-state index is 13.9. The first-order chi connectivity index (χ1) is 16.0. The molecule has 3 aromatic rings. The van der Waals surface area contributed by atoms with E-state index in [-0.39, 0.29) is 31.4 Å². The summed E-state index contributed by atoms with van der Waals surface area (Å²) in [5.41, 5.74) is 4.76. The number of allylic oxidation sites excluding steroid dienone is 1. The first-order valence-electron chi connectivity index (χ1n) is 10.3. The average molecular weight is 541 g/mol. The zero-order valence-corrected chi connectivity index (χ0v) is 21.9. The molecule has 0 amide bonds. The highest BCUT2D eigenvalue weighted by Gasteiger charge is 2.28. The Morgan fingerprint density at radius 1 is 1.12 bits per heavy atom. The maximum Gasteiger partial charge on any atom is 0.350 e. The van der Waals surface area contributed by atoms with E-state index in [1.807, 2.05) is 19.1 Å². The summed E-state index contributed by atoms with van der Waals surface area (Å²) in [6.45, 7) is 6.09. The van der Waals surface area contributed by atoms with Gasteiger partial charge in [0, 0.05) is 28.4 Å². The van der Waals surface area contributed by atoms with Gasteiger partial charge in [-0.25, -0.2) is 9.18 Å². The number of esters is 1. The van der Waals surface area contributed by atoms with Crippen LogP contribution >= 0.6 is 46.1 Å². The molecule has 178 valence electrons. The number of fused-ring (bicyclic) bond motifs is 1. The zero-order chi connectivity index (χ0) is 24.8. The van der Waals surface area contributed by atoms with Crippen molar-refractivity contribution >= 4 is 63.4 Å². The van der Waals surface area contributed by atoms with Crippen LogP contribution < -0.4 is 10.1 Å². The van der Waals surface area contributed by atoms with Crippen molar-refractivity contribution in [3.05, 3.63) is 72.6 Å². The van der Waals surface area contributed by atoms with Crippen LogP contribution in [0.5, 0.6) is 5.75 Å². The summed E-state index contributed by atoms with van der Waals surface area (Å²) >= 11 is 19.2. The van der Waals surface area contributed by atoms with E-state index in [4.69, 9.17) is 44.3 Å². The summed E-state index contributed by atoms with van der Waals surface area (Å²) in [4.78, 5) is 13.0. The summed E-state index contributed by atoms with van der Waals surface area (Å²) in [6.07, 6.45) is 2.11. The summed E-state index contributed by atoms with van der Waals surface area (Å²) in [7, 11) is 1.48. The minimum absolute atomic E-state index is 0.0609. The molecule has 4 rings (SSSR count). The van der Waals surface area contributed by atoms with Gasteiger partial charge in [0.25, 0.3) is 0 Å². The fourth-order valence-electron chi connectivity index (χ4n) is 4.19. The highest BCUT2D eigenvalue weighted by atomic mass is 35.5. The van der Waals surface area contributed by atoms with E-state index in [0.717, 1.165) is 39.3 Å². The summed E-state index contributed by atoms with van der Waals surface area (Å²) in [6, 6.07) is 8.21. The second kappa shape index (κ2) is 9.42. The molecule has 0 atom stereocenters. The Morgan fingerprint density at radius 3 is 2.47 bits per heavy atom. The number of halogens is 4. The Morgan fingerprint density at radius 2 is 1.82 bits per heavy atom. The average Bonchev–Trinajstić information content (AvgIpc) is 3.03. The molecule has 0 radical (unpaired) electrons. The molecule has 9 heteroatoms. The van der Waals surface area contributed by atoms with Crippen molar-refractivity contribution in [1.82, 2.24) is 0 Å². The molecule has 0 saturated carbocycles. The molecule has 1 aliphatic rings. The Balaban J connectivity index is 1.82. The molecule has 2 heterocycles. The molecule has 4 nitrogen and oxygen atoms in total. The van der Waals surface area contributed by atoms with E-state index < -0.39 is 11.8 Å². The van der Waals surface area contributed by atoms with Crippen LogP contribution in [0.25, 0.3) is 16.7 Å². The molecule has 0 saturated heterocycles. The van der Waals surface area contributed by atoms with Crippen molar-refractivity contribution in [3.8, 4) is 16.9 Å². The van der Waals surface area contributed by atoms with Crippen molar-refractivity contribution in [1.29, 1.82) is 0 Å². The van der Waals surface area contributed by atoms with Gasteiger partial charge in [-0.2, -0.15) is 0 Å². The van der Waals surface area contributed by atoms with Gasteiger partial charge in [0.2, 0.25) is 0 Å². The molecule has 1 N–H and O–H groups in total. The van der Waals surface area contributed by atoms with Crippen molar-refractivity contribution in [2.75, 3.05) is 12.4 Å². The lowest BCUT2D eigenvalue weighted by molar-refractivity contribution is 0.0479. The highest BCUT2D eigenvalue weighted by molar-refractivity contribution is 7.19. The molecule has 0 aliphatic carbocycles. The number of carbonyl (C=O) groups excluding carboxylic acids is 1. The van der Waals surface area contributed by atoms with Crippen LogP contribution in [-0.2, 0) is 11.3 Å². The van der Waals surface area contributed by atoms with Crippen LogP contribution in [0.15, 0.2) is 36.4 Å². The lowest BCUT2D eigenvalue weighted by Gasteiger charge is -2.33. The first kappa shape index (κ1) is 24.9. The van der Waals surface area contributed by atoms with Gasteiger partial charge in [0.15, 0.2) is 0 Å². The third-order valence-electron chi connectivity index (χ3n) is 5.48. The first-order valence-corrected chi connectivity index (χ1v) is 12.3. The molecule has 1 aromatic heterocycles. The van der Waals surface area contributed by atoms with E-state index in [0.29, 0.717) is 11.3 Å². The number of carbonyl (C=O) groups is 1. The fraction of sp³-hybridized carbons (Fsp3) is 0.240. The SMILES string of the molecule is COc1cc(F)ccc1-c1ccc2c(c1COC(=O)c1sc(Cl)c(Cl)c1Cl)C(C)=CC(C)(C)N2. The molecule has 1 aliphatic heterocycles. The fourth-order valence-corrected chi connectivity index (χ4v) is 5.88. The number of hydrogen-bond acceptors (Lipinski definition) is 5. The van der Waals surface area contributed by atoms with E-state index in [1.165, 1.54) is 19.2 Å². The minimum atomic E-state index is -0.635. The van der Waals surface area contributed by atoms with Crippen molar-refractivity contribution < 1.29 is 18.7 Å². The third kappa shape index (κ3) is 4.65. The van der Waals surface area contributed by atoms with Crippen molar-refractivity contribution in [2.24, 2.45) is 0 Å². The summed E-state index contributed by atoms with van der Waals surface area (Å²) < 4.78 is 25.2. The molecule has 2 aromatic carbocycles. The molecular weight excluding hydrogens is 520 g/mol. The van der Waals surface area contributed by atoms with Crippen molar-refractivity contribution in [3.63, 3.8) is 0 Å². The van der Waals surface area contributed by atoms with Crippen LogP contribution in [-0.4, -0.2) is 18.6 Å². The maximum atomic E-state index is 13.9. The third-order valence-corrected chi connectivity index (χ3v) is 8.04. The quantitative estimate of drug-likeness (QED) is 0.330. The van der Waals surface area contributed by atoms with Gasteiger partial charge in [0.05, 0.1) is 22.7 Å². The van der Waals surface area contributed by atoms with Gasteiger partial charge >= 0.3 is 5.97 Å². The Labute approximate surface area is 216 Å². The topological polar surface area (TPSA) is 47.6 Å². The van der Waals surface area contributed by atoms with Gasteiger partial charge in [0.1, 0.15) is 27.4 Å². The number of benzene rings is 2. The van der Waals surface area contributed by atoms with Crippen LogP contribution in [0.4, 0.5) is 10.1 Å². The highest BCUT2D eigenvalue weighted by Crippen LogP contribution is 2.44. The number of nitrogens with one attached hydrogen (secondary N) is 1. The van der Waals surface area contributed by atoms with Crippen LogP contribution in [0.2, 0.25) is 14.4 Å². The Hall–Kier alpha value is -2.25. The van der Waals surface area contributed by atoms with Crippen LogP contribution in [0, 0.1) is 5.82 Å². The minimum Gasteiger partial charge on any atom is -0.496 e. The molecule has 0 spiro atoms. The molecular formula is C25H21Cl3FNO3S. The smallest absolute Gasteiger partial charge is 0.350 e. The van der Waals surface area contributed by atoms with E-state index in [2.05, 4.69) is 25.2 Å². The lowest BCUT2D eigenvalue weighted by Crippen LogP contribution is -2.32. The monoisotopic (exact) mass is 539 g/mol. The summed E-state index contributed by atoms with van der Waals surface area (Å²) in [5.74, 6) is -0.672. The van der Waals surface area contributed by atoms with Gasteiger partial charge in [-0.05, 0) is 50.1 Å². The number of rotatable bonds is 5. The molecule has 0 unspecified atom stereocenters. The number of hydrogen-bond donors (Lipinski definition) is 1. The zero-order valence-electron chi connectivity index (χ0n) is 18.8. The largest absolute Gasteiger partial charge is 0.496 e. The predicted molar refractivity (Wildman–Crippen MR) is 138 cm³/mol. The molecule has 0 bridgehead atoms. The second-order valence-corrected chi connectivity index (χ2v) is 10.8. The number of ether oxygens (including phenoxy) is 2. The second-order valence-electron chi connectivity index (χ2n) is 8.44. The Bertz CT molecular complexity index is 1330. The van der Waals surface area contributed by atoms with E-state index >= 15 is 0 Å².